The largest absolute Gasteiger partial charge is 0.388 e. The molecule has 0 saturated heterocycles. The Kier molecular flexibility index (Phi) is 3.55. The second-order valence-electron chi connectivity index (χ2n) is 3.19. The number of nitrogens with zero attached hydrogens (tertiary/aromatic N) is 2. The molecule has 2 aromatic rings. The van der Waals surface area contributed by atoms with Crippen molar-refractivity contribution in [3.8, 4) is 0 Å². The van der Waals surface area contributed by atoms with E-state index in [1.165, 1.54) is 35.9 Å². The summed E-state index contributed by atoms with van der Waals surface area (Å²) in [5, 5.41) is 1.97. The first-order valence-corrected chi connectivity index (χ1v) is 7.44. The molecule has 0 saturated carbocycles. The SMILES string of the molecule is NC(=S)c1ccc(S(=O)(=O)Nc2nccs2)cn1. The molecule has 0 aromatic carbocycles. The third-order valence-corrected chi connectivity index (χ3v) is 4.30. The molecule has 0 amide bonds. The Morgan fingerprint density at radius 2 is 2.17 bits per heavy atom. The molecule has 3 N–H and O–H groups in total. The van der Waals surface area contributed by atoms with E-state index < -0.39 is 10.0 Å². The highest BCUT2D eigenvalue weighted by Gasteiger charge is 2.16. The van der Waals surface area contributed by atoms with E-state index in [-0.39, 0.29) is 9.88 Å². The zero-order valence-corrected chi connectivity index (χ0v) is 11.3. The van der Waals surface area contributed by atoms with E-state index >= 15 is 0 Å². The number of anilines is 1. The highest BCUT2D eigenvalue weighted by molar-refractivity contribution is 7.93. The van der Waals surface area contributed by atoms with Crippen LogP contribution in [-0.2, 0) is 10.0 Å². The summed E-state index contributed by atoms with van der Waals surface area (Å²) in [4.78, 5) is 7.85. The lowest BCUT2D eigenvalue weighted by atomic mass is 10.3. The monoisotopic (exact) mass is 300 g/mol. The molecule has 0 aliphatic heterocycles. The molecule has 94 valence electrons. The van der Waals surface area contributed by atoms with Gasteiger partial charge in [0, 0.05) is 17.8 Å². The molecule has 18 heavy (non-hydrogen) atoms. The van der Waals surface area contributed by atoms with E-state index in [1.54, 1.807) is 5.38 Å². The molecule has 0 bridgehead atoms. The lowest BCUT2D eigenvalue weighted by Crippen LogP contribution is -2.15. The number of aromatic nitrogens is 2. The molecule has 0 unspecified atom stereocenters. The Labute approximate surface area is 113 Å². The molecule has 9 heteroatoms. The summed E-state index contributed by atoms with van der Waals surface area (Å²) in [6.07, 6.45) is 2.71. The number of pyridine rings is 1. The van der Waals surface area contributed by atoms with Crippen LogP contribution < -0.4 is 10.5 Å². The fraction of sp³-hybridized carbons (Fsp3) is 0. The zero-order chi connectivity index (χ0) is 13.2. The number of sulfonamides is 1. The van der Waals surface area contributed by atoms with Crippen molar-refractivity contribution in [2.45, 2.75) is 4.90 Å². The minimum Gasteiger partial charge on any atom is -0.388 e. The van der Waals surface area contributed by atoms with Crippen LogP contribution >= 0.6 is 23.6 Å². The van der Waals surface area contributed by atoms with E-state index in [4.69, 9.17) is 18.0 Å². The molecule has 0 fully saturated rings. The minimum atomic E-state index is -3.67. The van der Waals surface area contributed by atoms with Gasteiger partial charge >= 0.3 is 0 Å². The lowest BCUT2D eigenvalue weighted by Gasteiger charge is -2.05. The Morgan fingerprint density at radius 3 is 2.67 bits per heavy atom. The summed E-state index contributed by atoms with van der Waals surface area (Å²) in [5.41, 5.74) is 5.75. The van der Waals surface area contributed by atoms with Crippen LogP contribution in [0.1, 0.15) is 5.69 Å². The van der Waals surface area contributed by atoms with Crippen molar-refractivity contribution < 1.29 is 8.42 Å². The topological polar surface area (TPSA) is 98.0 Å². The van der Waals surface area contributed by atoms with Gasteiger partial charge in [-0.05, 0) is 12.1 Å². The number of thiazole rings is 1. The van der Waals surface area contributed by atoms with Gasteiger partial charge in [0.15, 0.2) is 5.13 Å². The summed E-state index contributed by atoms with van der Waals surface area (Å²) >= 11 is 5.92. The molecule has 0 radical (unpaired) electrons. The third-order valence-electron chi connectivity index (χ3n) is 1.95. The van der Waals surface area contributed by atoms with Crippen molar-refractivity contribution in [2.75, 3.05) is 4.72 Å². The van der Waals surface area contributed by atoms with Crippen LogP contribution in [0.15, 0.2) is 34.8 Å². The number of hydrogen-bond acceptors (Lipinski definition) is 6. The first kappa shape index (κ1) is 12.9. The average Bonchev–Trinajstić information content (AvgIpc) is 2.81. The number of nitrogens with one attached hydrogen (secondary N) is 1. The Hall–Kier alpha value is -1.58. The van der Waals surface area contributed by atoms with Crippen LogP contribution in [0.2, 0.25) is 0 Å². The molecule has 0 aliphatic carbocycles. The fourth-order valence-corrected chi connectivity index (χ4v) is 2.99. The molecular formula is C9H8N4O2S3. The van der Waals surface area contributed by atoms with Crippen molar-refractivity contribution in [1.82, 2.24) is 9.97 Å². The first-order chi connectivity index (χ1) is 8.49. The Bertz CT molecular complexity index is 650. The molecule has 0 aliphatic rings. The van der Waals surface area contributed by atoms with E-state index in [0.29, 0.717) is 10.8 Å². The van der Waals surface area contributed by atoms with E-state index in [0.717, 1.165) is 0 Å². The lowest BCUT2D eigenvalue weighted by molar-refractivity contribution is 0.601. The van der Waals surface area contributed by atoms with Gasteiger partial charge in [-0.15, -0.1) is 11.3 Å². The van der Waals surface area contributed by atoms with E-state index in [1.807, 2.05) is 0 Å². The number of nitrogens with two attached hydrogens (primary N) is 1. The smallest absolute Gasteiger partial charge is 0.265 e. The highest BCUT2D eigenvalue weighted by atomic mass is 32.2. The maximum atomic E-state index is 11.9. The maximum Gasteiger partial charge on any atom is 0.265 e. The van der Waals surface area contributed by atoms with Gasteiger partial charge in [-0.1, -0.05) is 12.2 Å². The summed E-state index contributed by atoms with van der Waals surface area (Å²) in [6.45, 7) is 0. The van der Waals surface area contributed by atoms with Gasteiger partial charge in [0.2, 0.25) is 0 Å². The molecule has 0 atom stereocenters. The van der Waals surface area contributed by atoms with Gasteiger partial charge in [0.05, 0.1) is 5.69 Å². The minimum absolute atomic E-state index is 0.0256. The normalized spacial score (nSPS) is 11.1. The zero-order valence-electron chi connectivity index (χ0n) is 8.90. The molecule has 6 nitrogen and oxygen atoms in total. The van der Waals surface area contributed by atoms with Gasteiger partial charge in [-0.3, -0.25) is 9.71 Å². The maximum absolute atomic E-state index is 11.9. The predicted molar refractivity (Wildman–Crippen MR) is 73.0 cm³/mol. The quantitative estimate of drug-likeness (QED) is 0.817. The van der Waals surface area contributed by atoms with Crippen LogP contribution in [0.3, 0.4) is 0 Å². The molecule has 2 aromatic heterocycles. The van der Waals surface area contributed by atoms with Crippen LogP contribution in [0, 0.1) is 0 Å². The molecule has 0 spiro atoms. The summed E-state index contributed by atoms with van der Waals surface area (Å²) in [7, 11) is -3.67. The average molecular weight is 300 g/mol. The molecule has 2 heterocycles. The second-order valence-corrected chi connectivity index (χ2v) is 6.20. The van der Waals surface area contributed by atoms with Crippen molar-refractivity contribution in [1.29, 1.82) is 0 Å². The van der Waals surface area contributed by atoms with Gasteiger partial charge in [-0.25, -0.2) is 13.4 Å². The first-order valence-electron chi connectivity index (χ1n) is 4.67. The summed E-state index contributed by atoms with van der Waals surface area (Å²) in [6, 6.07) is 2.84. The number of rotatable bonds is 4. The van der Waals surface area contributed by atoms with Crippen molar-refractivity contribution in [3.05, 3.63) is 35.6 Å². The van der Waals surface area contributed by atoms with Crippen LogP contribution in [0.4, 0.5) is 5.13 Å². The van der Waals surface area contributed by atoms with E-state index in [2.05, 4.69) is 14.7 Å². The van der Waals surface area contributed by atoms with Crippen molar-refractivity contribution in [2.24, 2.45) is 5.73 Å². The molecule has 2 rings (SSSR count). The second kappa shape index (κ2) is 4.96. The number of hydrogen-bond donors (Lipinski definition) is 2. The van der Waals surface area contributed by atoms with Gasteiger partial charge < -0.3 is 5.73 Å². The van der Waals surface area contributed by atoms with Crippen LogP contribution in [-0.4, -0.2) is 23.4 Å². The van der Waals surface area contributed by atoms with Crippen LogP contribution in [0.5, 0.6) is 0 Å². The van der Waals surface area contributed by atoms with E-state index in [9.17, 15) is 8.42 Å². The van der Waals surface area contributed by atoms with Crippen molar-refractivity contribution >= 4 is 43.7 Å². The van der Waals surface area contributed by atoms with Gasteiger partial charge in [0.1, 0.15) is 9.88 Å². The van der Waals surface area contributed by atoms with Crippen LogP contribution in [0.25, 0.3) is 0 Å². The van der Waals surface area contributed by atoms with Crippen molar-refractivity contribution in [3.63, 3.8) is 0 Å². The fourth-order valence-electron chi connectivity index (χ4n) is 1.13. The Balaban J connectivity index is 2.27. The summed E-state index contributed by atoms with van der Waals surface area (Å²) in [5.74, 6) is 0. The summed E-state index contributed by atoms with van der Waals surface area (Å²) < 4.78 is 26.2. The highest BCUT2D eigenvalue weighted by Crippen LogP contribution is 2.17. The molecular weight excluding hydrogens is 292 g/mol. The standard InChI is InChI=1S/C9H8N4O2S3/c10-8(16)7-2-1-6(5-12-7)18(14,15)13-9-11-3-4-17-9/h1-5H,(H2,10,16)(H,11,13). The Morgan fingerprint density at radius 1 is 1.39 bits per heavy atom. The number of thiocarbonyl (C=S) groups is 1. The predicted octanol–water partition coefficient (Wildman–Crippen LogP) is 0.973. The van der Waals surface area contributed by atoms with Gasteiger partial charge in [0.25, 0.3) is 10.0 Å². The third kappa shape index (κ3) is 2.81. The van der Waals surface area contributed by atoms with Gasteiger partial charge in [-0.2, -0.15) is 0 Å².